The average molecular weight is 178 g/mol. The average Bonchev–Trinajstić information content (AvgIpc) is 2.47. The molecule has 0 aromatic heterocycles. The molecule has 2 rings (SSSR count). The Morgan fingerprint density at radius 1 is 1.50 bits per heavy atom. The van der Waals surface area contributed by atoms with E-state index < -0.39 is 0 Å². The van der Waals surface area contributed by atoms with Gasteiger partial charge in [0.2, 0.25) is 0 Å². The molecule has 1 atom stereocenters. The molecule has 0 N–H and O–H groups in total. The zero-order chi connectivity index (χ0) is 8.55. The lowest BCUT2D eigenvalue weighted by Gasteiger charge is -2.04. The molecule has 0 fully saturated rings. The lowest BCUT2D eigenvalue weighted by molar-refractivity contribution is -0.117. The first-order valence-electron chi connectivity index (χ1n) is 4.01. The van der Waals surface area contributed by atoms with Crippen molar-refractivity contribution >= 4 is 17.5 Å². The highest BCUT2D eigenvalue weighted by molar-refractivity contribution is 7.99. The molecule has 62 valence electrons. The van der Waals surface area contributed by atoms with Crippen molar-refractivity contribution in [2.24, 2.45) is 0 Å². The van der Waals surface area contributed by atoms with Crippen molar-refractivity contribution in [1.29, 1.82) is 0 Å². The number of rotatable bonds is 1. The van der Waals surface area contributed by atoms with E-state index in [-0.39, 0.29) is 11.7 Å². The van der Waals surface area contributed by atoms with Gasteiger partial charge in [-0.3, -0.25) is 4.79 Å². The molecule has 1 aromatic rings. The third-order valence-corrected chi connectivity index (χ3v) is 3.37. The summed E-state index contributed by atoms with van der Waals surface area (Å²) in [6.07, 6.45) is 0. The molecule has 0 bridgehead atoms. The second-order valence-electron chi connectivity index (χ2n) is 3.01. The number of thioether (sulfide) groups is 1. The molecule has 0 aliphatic carbocycles. The fourth-order valence-electron chi connectivity index (χ4n) is 1.50. The molecule has 12 heavy (non-hydrogen) atoms. The number of hydrogen-bond acceptors (Lipinski definition) is 2. The van der Waals surface area contributed by atoms with Crippen molar-refractivity contribution in [1.82, 2.24) is 0 Å². The summed E-state index contributed by atoms with van der Waals surface area (Å²) in [7, 11) is 0. The van der Waals surface area contributed by atoms with Crippen molar-refractivity contribution in [2.45, 2.75) is 17.7 Å². The van der Waals surface area contributed by atoms with Crippen LogP contribution in [-0.2, 0) is 4.79 Å². The Balaban J connectivity index is 2.42. The maximum atomic E-state index is 11.2. The molecular formula is C10H10OS. The minimum absolute atomic E-state index is 0.145. The van der Waals surface area contributed by atoms with Gasteiger partial charge in [0, 0.05) is 10.6 Å². The maximum Gasteiger partial charge on any atom is 0.138 e. The van der Waals surface area contributed by atoms with Gasteiger partial charge in [0.1, 0.15) is 5.78 Å². The Labute approximate surface area is 76.2 Å². The monoisotopic (exact) mass is 178 g/mol. The highest BCUT2D eigenvalue weighted by atomic mass is 32.2. The van der Waals surface area contributed by atoms with Gasteiger partial charge in [-0.2, -0.15) is 0 Å². The Morgan fingerprint density at radius 3 is 3.00 bits per heavy atom. The largest absolute Gasteiger partial charge is 0.299 e. The van der Waals surface area contributed by atoms with Crippen LogP contribution in [0.1, 0.15) is 18.4 Å². The first-order chi connectivity index (χ1) is 5.79. The maximum absolute atomic E-state index is 11.2. The molecule has 1 aliphatic heterocycles. The summed E-state index contributed by atoms with van der Waals surface area (Å²) < 4.78 is 0. The number of benzene rings is 1. The molecule has 1 unspecified atom stereocenters. The minimum atomic E-state index is 0.145. The molecule has 1 aliphatic rings. The Kier molecular flexibility index (Phi) is 1.93. The van der Waals surface area contributed by atoms with Gasteiger partial charge in [0.05, 0.1) is 5.92 Å². The van der Waals surface area contributed by atoms with E-state index in [1.807, 2.05) is 12.1 Å². The number of Topliss-reactive ketones (excluding diaryl/α,β-unsaturated/α-hetero) is 1. The molecule has 1 aromatic carbocycles. The van der Waals surface area contributed by atoms with Gasteiger partial charge in [-0.15, -0.1) is 11.8 Å². The SMILES string of the molecule is CC(=O)C1CSc2ccccc21. The Bertz CT molecular complexity index is 319. The van der Waals surface area contributed by atoms with Crippen molar-refractivity contribution in [3.8, 4) is 0 Å². The van der Waals surface area contributed by atoms with Crippen LogP contribution in [0.4, 0.5) is 0 Å². The quantitative estimate of drug-likeness (QED) is 0.657. The van der Waals surface area contributed by atoms with Crippen LogP contribution in [0.25, 0.3) is 0 Å². The summed E-state index contributed by atoms with van der Waals surface area (Å²) in [5.74, 6) is 1.35. The number of carbonyl (C=O) groups is 1. The van der Waals surface area contributed by atoms with E-state index in [1.54, 1.807) is 18.7 Å². The molecule has 1 heterocycles. The van der Waals surface area contributed by atoms with Crippen molar-refractivity contribution in [3.05, 3.63) is 29.8 Å². The highest BCUT2D eigenvalue weighted by Gasteiger charge is 2.25. The van der Waals surface area contributed by atoms with Crippen molar-refractivity contribution in [3.63, 3.8) is 0 Å². The predicted octanol–water partition coefficient (Wildman–Crippen LogP) is 2.46. The second-order valence-corrected chi connectivity index (χ2v) is 4.07. The number of carbonyl (C=O) groups excluding carboxylic acids is 1. The van der Waals surface area contributed by atoms with Crippen molar-refractivity contribution in [2.75, 3.05) is 5.75 Å². The number of ketones is 1. The molecular weight excluding hydrogens is 168 g/mol. The molecule has 1 nitrogen and oxygen atoms in total. The summed E-state index contributed by atoms with van der Waals surface area (Å²) in [6.45, 7) is 1.67. The lowest BCUT2D eigenvalue weighted by atomic mass is 9.98. The van der Waals surface area contributed by atoms with E-state index >= 15 is 0 Å². The van der Waals surface area contributed by atoms with Gasteiger partial charge < -0.3 is 0 Å². The van der Waals surface area contributed by atoms with E-state index in [4.69, 9.17) is 0 Å². The van der Waals surface area contributed by atoms with E-state index in [1.165, 1.54) is 10.5 Å². The summed E-state index contributed by atoms with van der Waals surface area (Å²) >= 11 is 1.78. The molecule has 0 amide bonds. The van der Waals surface area contributed by atoms with Crippen LogP contribution in [0.15, 0.2) is 29.2 Å². The third-order valence-electron chi connectivity index (χ3n) is 2.19. The zero-order valence-corrected chi connectivity index (χ0v) is 7.73. The minimum Gasteiger partial charge on any atom is -0.299 e. The van der Waals surface area contributed by atoms with Gasteiger partial charge >= 0.3 is 0 Å². The van der Waals surface area contributed by atoms with Crippen LogP contribution < -0.4 is 0 Å². The van der Waals surface area contributed by atoms with Gasteiger partial charge in [0.15, 0.2) is 0 Å². The van der Waals surface area contributed by atoms with Crippen LogP contribution in [0.5, 0.6) is 0 Å². The smallest absolute Gasteiger partial charge is 0.138 e. The first kappa shape index (κ1) is 7.87. The predicted molar refractivity (Wildman–Crippen MR) is 50.6 cm³/mol. The van der Waals surface area contributed by atoms with Crippen molar-refractivity contribution < 1.29 is 4.79 Å². The van der Waals surface area contributed by atoms with E-state index in [0.29, 0.717) is 0 Å². The van der Waals surface area contributed by atoms with Gasteiger partial charge in [0.25, 0.3) is 0 Å². The van der Waals surface area contributed by atoms with Crippen LogP contribution in [0.2, 0.25) is 0 Å². The Hall–Kier alpha value is -0.760. The third kappa shape index (κ3) is 1.16. The number of fused-ring (bicyclic) bond motifs is 1. The fourth-order valence-corrected chi connectivity index (χ4v) is 2.81. The van der Waals surface area contributed by atoms with Crippen LogP contribution in [-0.4, -0.2) is 11.5 Å². The van der Waals surface area contributed by atoms with E-state index in [9.17, 15) is 4.79 Å². The van der Waals surface area contributed by atoms with Crippen LogP contribution >= 0.6 is 11.8 Å². The normalized spacial score (nSPS) is 20.6. The second kappa shape index (κ2) is 2.94. The molecule has 0 saturated heterocycles. The van der Waals surface area contributed by atoms with E-state index in [2.05, 4.69) is 12.1 Å². The van der Waals surface area contributed by atoms with Gasteiger partial charge in [-0.25, -0.2) is 0 Å². The summed E-state index contributed by atoms with van der Waals surface area (Å²) in [5.41, 5.74) is 1.22. The fraction of sp³-hybridized carbons (Fsp3) is 0.300. The molecule has 2 heteroatoms. The van der Waals surface area contributed by atoms with Crippen LogP contribution in [0.3, 0.4) is 0 Å². The molecule has 0 spiro atoms. The summed E-state index contributed by atoms with van der Waals surface area (Å²) in [5, 5.41) is 0. The lowest BCUT2D eigenvalue weighted by Crippen LogP contribution is -2.06. The Morgan fingerprint density at radius 2 is 2.25 bits per heavy atom. The topological polar surface area (TPSA) is 17.1 Å². The molecule has 0 saturated carbocycles. The van der Waals surface area contributed by atoms with Crippen LogP contribution in [0, 0.1) is 0 Å². The zero-order valence-electron chi connectivity index (χ0n) is 6.91. The number of hydrogen-bond donors (Lipinski definition) is 0. The first-order valence-corrected chi connectivity index (χ1v) is 5.00. The summed E-state index contributed by atoms with van der Waals surface area (Å²) in [6, 6.07) is 8.17. The van der Waals surface area contributed by atoms with Gasteiger partial charge in [-0.1, -0.05) is 18.2 Å². The molecule has 0 radical (unpaired) electrons. The van der Waals surface area contributed by atoms with Gasteiger partial charge in [-0.05, 0) is 18.6 Å². The highest BCUT2D eigenvalue weighted by Crippen LogP contribution is 2.39. The standard InChI is InChI=1S/C10H10OS/c1-7(11)9-6-12-10-5-3-2-4-8(9)10/h2-5,9H,6H2,1H3. The summed E-state index contributed by atoms with van der Waals surface area (Å²) in [4.78, 5) is 12.5. The van der Waals surface area contributed by atoms with E-state index in [0.717, 1.165) is 5.75 Å².